The zero-order chi connectivity index (χ0) is 22.1. The van der Waals surface area contributed by atoms with E-state index in [9.17, 15) is 14.4 Å². The fraction of sp³-hybridized carbons (Fsp3) is 0.400. The summed E-state index contributed by atoms with van der Waals surface area (Å²) < 4.78 is 6.38. The molecule has 5 nitrogen and oxygen atoms in total. The molecule has 0 aliphatic heterocycles. The van der Waals surface area contributed by atoms with Crippen LogP contribution in [0, 0.1) is 37.5 Å². The minimum Gasteiger partial charge on any atom is -0.455 e. The van der Waals surface area contributed by atoms with E-state index in [0.717, 1.165) is 34.9 Å². The lowest BCUT2D eigenvalue weighted by Gasteiger charge is -2.28. The predicted molar refractivity (Wildman–Crippen MR) is 122 cm³/mol. The third kappa shape index (κ3) is 4.45. The molecule has 0 heterocycles. The van der Waals surface area contributed by atoms with Crippen LogP contribution in [-0.4, -0.2) is 24.3 Å². The standard InChI is InChI=1S/C25H26BrNO4/c1-14-11-20(15(2)10-19(14)26)27-21(28)13-31-25(30)23-18-9-8-17(12-18)22(23)24(29)16-6-4-3-5-7-16/h3-7,10-11,17-18,22-23H,8-9,12-13H2,1-2H3,(H,27,28)/t17-,18-,22+,23+/m0/s1. The molecule has 0 spiro atoms. The van der Waals surface area contributed by atoms with Crippen molar-refractivity contribution in [3.05, 3.63) is 63.6 Å². The van der Waals surface area contributed by atoms with E-state index in [4.69, 9.17) is 4.74 Å². The van der Waals surface area contributed by atoms with Crippen molar-refractivity contribution in [1.82, 2.24) is 0 Å². The van der Waals surface area contributed by atoms with Crippen LogP contribution in [0.25, 0.3) is 0 Å². The van der Waals surface area contributed by atoms with Crippen LogP contribution >= 0.6 is 15.9 Å². The van der Waals surface area contributed by atoms with Crippen molar-refractivity contribution < 1.29 is 19.1 Å². The predicted octanol–water partition coefficient (Wildman–Crippen LogP) is 5.09. The number of carbonyl (C=O) groups excluding carboxylic acids is 3. The topological polar surface area (TPSA) is 72.5 Å². The van der Waals surface area contributed by atoms with Crippen LogP contribution in [0.1, 0.15) is 40.7 Å². The van der Waals surface area contributed by atoms with Gasteiger partial charge >= 0.3 is 5.97 Å². The van der Waals surface area contributed by atoms with Crippen molar-refractivity contribution in [1.29, 1.82) is 0 Å². The highest BCUT2D eigenvalue weighted by Gasteiger charge is 2.54. The van der Waals surface area contributed by atoms with Crippen LogP contribution in [0.15, 0.2) is 46.9 Å². The number of amides is 1. The van der Waals surface area contributed by atoms with E-state index in [2.05, 4.69) is 21.2 Å². The van der Waals surface area contributed by atoms with Gasteiger partial charge in [-0.3, -0.25) is 14.4 Å². The average Bonchev–Trinajstić information content (AvgIpc) is 3.38. The third-order valence-electron chi connectivity index (χ3n) is 6.67. The summed E-state index contributed by atoms with van der Waals surface area (Å²) in [5.74, 6) is -1.23. The van der Waals surface area contributed by atoms with Crippen LogP contribution < -0.4 is 5.32 Å². The first kappa shape index (κ1) is 21.8. The minimum atomic E-state index is -0.462. The highest BCUT2D eigenvalue weighted by molar-refractivity contribution is 9.10. The second-order valence-corrected chi connectivity index (χ2v) is 9.54. The smallest absolute Gasteiger partial charge is 0.310 e. The molecule has 6 heteroatoms. The second kappa shape index (κ2) is 8.95. The van der Waals surface area contributed by atoms with Crippen LogP contribution in [0.3, 0.4) is 0 Å². The van der Waals surface area contributed by atoms with Gasteiger partial charge in [0.05, 0.1) is 5.92 Å². The maximum absolute atomic E-state index is 13.1. The van der Waals surface area contributed by atoms with Crippen molar-refractivity contribution in [3.8, 4) is 0 Å². The number of esters is 1. The molecule has 2 aliphatic carbocycles. The Morgan fingerprint density at radius 3 is 2.39 bits per heavy atom. The van der Waals surface area contributed by atoms with Crippen molar-refractivity contribution in [2.75, 3.05) is 11.9 Å². The molecule has 2 saturated carbocycles. The molecule has 1 amide bonds. The summed E-state index contributed by atoms with van der Waals surface area (Å²) in [6.45, 7) is 3.49. The van der Waals surface area contributed by atoms with Gasteiger partial charge in [-0.25, -0.2) is 0 Å². The fourth-order valence-electron chi connectivity index (χ4n) is 5.14. The summed E-state index contributed by atoms with van der Waals surface area (Å²) in [5.41, 5.74) is 3.25. The van der Waals surface area contributed by atoms with E-state index in [1.54, 1.807) is 12.1 Å². The Bertz CT molecular complexity index is 1020. The molecular weight excluding hydrogens is 458 g/mol. The van der Waals surface area contributed by atoms with Crippen LogP contribution in [0.2, 0.25) is 0 Å². The summed E-state index contributed by atoms with van der Waals surface area (Å²) in [6, 6.07) is 13.0. The van der Waals surface area contributed by atoms with Crippen molar-refractivity contribution in [3.63, 3.8) is 0 Å². The SMILES string of the molecule is Cc1cc(NC(=O)COC(=O)[C@@H]2[C@H]3CC[C@@H](C3)[C@H]2C(=O)c2ccccc2)c(C)cc1Br. The lowest BCUT2D eigenvalue weighted by Crippen LogP contribution is -2.37. The van der Waals surface area contributed by atoms with Gasteiger partial charge in [0.2, 0.25) is 0 Å². The molecule has 4 rings (SSSR count). The summed E-state index contributed by atoms with van der Waals surface area (Å²) in [5, 5.41) is 2.81. The maximum atomic E-state index is 13.1. The largest absolute Gasteiger partial charge is 0.455 e. The quantitative estimate of drug-likeness (QED) is 0.458. The number of ether oxygens (including phenoxy) is 1. The van der Waals surface area contributed by atoms with E-state index >= 15 is 0 Å². The number of Topliss-reactive ketones (excluding diaryl/α,β-unsaturated/α-hetero) is 1. The lowest BCUT2D eigenvalue weighted by molar-refractivity contribution is -0.154. The molecule has 2 aromatic carbocycles. The first-order chi connectivity index (χ1) is 14.8. The molecule has 31 heavy (non-hydrogen) atoms. The normalized spacial score (nSPS) is 24.1. The summed E-state index contributed by atoms with van der Waals surface area (Å²) in [6.07, 6.45) is 2.79. The summed E-state index contributed by atoms with van der Waals surface area (Å²) in [4.78, 5) is 38.5. The minimum absolute atomic E-state index is 0.0140. The van der Waals surface area contributed by atoms with Gasteiger partial charge in [-0.1, -0.05) is 46.3 Å². The van der Waals surface area contributed by atoms with Gasteiger partial charge in [-0.05, 0) is 68.2 Å². The van der Waals surface area contributed by atoms with E-state index in [1.165, 1.54) is 0 Å². The van der Waals surface area contributed by atoms with Gasteiger partial charge < -0.3 is 10.1 Å². The molecule has 2 fully saturated rings. The average molecular weight is 484 g/mol. The number of benzene rings is 2. The van der Waals surface area contributed by atoms with Gasteiger partial charge in [0.1, 0.15) is 0 Å². The van der Waals surface area contributed by atoms with Gasteiger partial charge in [-0.2, -0.15) is 0 Å². The first-order valence-electron chi connectivity index (χ1n) is 10.7. The number of rotatable bonds is 6. The Morgan fingerprint density at radius 1 is 1.00 bits per heavy atom. The monoisotopic (exact) mass is 483 g/mol. The number of carbonyl (C=O) groups is 3. The number of anilines is 1. The highest BCUT2D eigenvalue weighted by atomic mass is 79.9. The highest BCUT2D eigenvalue weighted by Crippen LogP contribution is 2.53. The second-order valence-electron chi connectivity index (χ2n) is 8.69. The fourth-order valence-corrected chi connectivity index (χ4v) is 5.60. The molecule has 2 aliphatic rings. The van der Waals surface area contributed by atoms with E-state index < -0.39 is 11.9 Å². The Labute approximate surface area is 190 Å². The number of nitrogens with one attached hydrogen (secondary N) is 1. The van der Waals surface area contributed by atoms with Crippen molar-refractivity contribution >= 4 is 39.3 Å². The number of halogens is 1. The van der Waals surface area contributed by atoms with Gasteiger partial charge in [0.25, 0.3) is 5.91 Å². The van der Waals surface area contributed by atoms with Crippen LogP contribution in [-0.2, 0) is 14.3 Å². The number of hydrogen-bond donors (Lipinski definition) is 1. The first-order valence-corrected chi connectivity index (χ1v) is 11.5. The van der Waals surface area contributed by atoms with Gasteiger partial charge in [0.15, 0.2) is 12.4 Å². The Balaban J connectivity index is 1.41. The van der Waals surface area contributed by atoms with E-state index in [1.807, 2.05) is 44.2 Å². The molecule has 2 aromatic rings. The van der Waals surface area contributed by atoms with Crippen molar-refractivity contribution in [2.24, 2.45) is 23.7 Å². The van der Waals surface area contributed by atoms with Gasteiger partial charge in [0, 0.05) is 21.6 Å². The van der Waals surface area contributed by atoms with E-state index in [-0.39, 0.29) is 36.1 Å². The molecule has 1 N–H and O–H groups in total. The summed E-state index contributed by atoms with van der Waals surface area (Å²) >= 11 is 3.47. The molecule has 4 atom stereocenters. The molecule has 2 bridgehead atoms. The van der Waals surface area contributed by atoms with Crippen molar-refractivity contribution in [2.45, 2.75) is 33.1 Å². The van der Waals surface area contributed by atoms with E-state index in [0.29, 0.717) is 11.3 Å². The Kier molecular flexibility index (Phi) is 6.28. The molecule has 0 unspecified atom stereocenters. The third-order valence-corrected chi connectivity index (χ3v) is 7.53. The van der Waals surface area contributed by atoms with Gasteiger partial charge in [-0.15, -0.1) is 0 Å². The Hall–Kier alpha value is -2.47. The molecule has 0 saturated heterocycles. The zero-order valence-corrected chi connectivity index (χ0v) is 19.3. The number of ketones is 1. The number of hydrogen-bond acceptors (Lipinski definition) is 4. The summed E-state index contributed by atoms with van der Waals surface area (Å²) in [7, 11) is 0. The molecule has 0 radical (unpaired) electrons. The lowest BCUT2D eigenvalue weighted by atomic mass is 9.75. The Morgan fingerprint density at radius 2 is 1.68 bits per heavy atom. The zero-order valence-electron chi connectivity index (χ0n) is 17.7. The molecule has 0 aromatic heterocycles. The van der Waals surface area contributed by atoms with Crippen LogP contribution in [0.5, 0.6) is 0 Å². The number of fused-ring (bicyclic) bond motifs is 2. The van der Waals surface area contributed by atoms with Crippen LogP contribution in [0.4, 0.5) is 5.69 Å². The maximum Gasteiger partial charge on any atom is 0.310 e. The molecule has 162 valence electrons. The number of aryl methyl sites for hydroxylation is 2. The molecular formula is C25H26BrNO4.